The van der Waals surface area contributed by atoms with E-state index in [9.17, 15) is 4.79 Å². The van der Waals surface area contributed by atoms with Crippen LogP contribution in [0.1, 0.15) is 30.0 Å². The van der Waals surface area contributed by atoms with Crippen LogP contribution < -0.4 is 9.64 Å². The number of likely N-dealkylation sites (N-methyl/N-ethyl adjacent to an activating group) is 1. The van der Waals surface area contributed by atoms with Crippen LogP contribution in [0.4, 0.5) is 5.69 Å². The first-order valence-electron chi connectivity index (χ1n) is 6.13. The normalized spacial score (nSPS) is 18.7. The summed E-state index contributed by atoms with van der Waals surface area (Å²) in [6.45, 7) is 8.06. The zero-order chi connectivity index (χ0) is 13.6. The van der Waals surface area contributed by atoms with E-state index in [2.05, 4.69) is 22.9 Å². The highest BCUT2D eigenvalue weighted by molar-refractivity contribution is 9.10. The number of anilines is 1. The molecule has 0 spiro atoms. The lowest BCUT2D eigenvalue weighted by Gasteiger charge is -2.34. The predicted octanol–water partition coefficient (Wildman–Crippen LogP) is 3.51. The van der Waals surface area contributed by atoms with Gasteiger partial charge in [0.15, 0.2) is 6.10 Å². The van der Waals surface area contributed by atoms with Gasteiger partial charge in [0.05, 0.1) is 5.69 Å². The average Bonchev–Trinajstić information content (AvgIpc) is 2.36. The molecular formula is C14H18BrNO2. The number of rotatable bonds is 1. The molecule has 18 heavy (non-hydrogen) atoms. The Balaban J connectivity index is 2.71. The molecule has 1 unspecified atom stereocenters. The lowest BCUT2D eigenvalue weighted by atomic mass is 10.00. The van der Waals surface area contributed by atoms with E-state index in [1.165, 1.54) is 0 Å². The quantitative estimate of drug-likeness (QED) is 0.794. The molecule has 0 aliphatic carbocycles. The van der Waals surface area contributed by atoms with E-state index in [0.717, 1.165) is 32.6 Å². The Morgan fingerprint density at radius 1 is 1.22 bits per heavy atom. The number of nitrogens with zero attached hydrogens (tertiary/aromatic N) is 1. The van der Waals surface area contributed by atoms with Gasteiger partial charge >= 0.3 is 0 Å². The molecule has 98 valence electrons. The summed E-state index contributed by atoms with van der Waals surface area (Å²) >= 11 is 3.60. The first-order chi connectivity index (χ1) is 8.40. The van der Waals surface area contributed by atoms with E-state index < -0.39 is 0 Å². The van der Waals surface area contributed by atoms with Gasteiger partial charge in [-0.1, -0.05) is 22.9 Å². The zero-order valence-corrected chi connectivity index (χ0v) is 13.0. The van der Waals surface area contributed by atoms with Crippen LogP contribution in [0.25, 0.3) is 0 Å². The summed E-state index contributed by atoms with van der Waals surface area (Å²) in [5.74, 6) is 0.869. The summed E-state index contributed by atoms with van der Waals surface area (Å²) in [5, 5.41) is 0. The van der Waals surface area contributed by atoms with Crippen LogP contribution >= 0.6 is 15.9 Å². The van der Waals surface area contributed by atoms with Crippen molar-refractivity contribution in [2.45, 2.75) is 40.2 Å². The second kappa shape index (κ2) is 4.57. The van der Waals surface area contributed by atoms with E-state index in [-0.39, 0.29) is 12.0 Å². The van der Waals surface area contributed by atoms with E-state index in [1.807, 2.05) is 27.8 Å². The standard InChI is InChI=1S/C14H18BrNO2/c1-6-10-14(17)16(5)12-8(3)7(2)11(15)9(4)13(12)18-10/h10H,6H2,1-5H3. The number of benzene rings is 1. The van der Waals surface area contributed by atoms with Gasteiger partial charge in [0.2, 0.25) is 0 Å². The average molecular weight is 312 g/mol. The Hall–Kier alpha value is -1.03. The number of carbonyl (C=O) groups is 1. The second-order valence-electron chi connectivity index (χ2n) is 4.78. The van der Waals surface area contributed by atoms with Gasteiger partial charge in [-0.05, 0) is 38.3 Å². The topological polar surface area (TPSA) is 29.5 Å². The third kappa shape index (κ3) is 1.74. The van der Waals surface area contributed by atoms with Gasteiger partial charge in [0, 0.05) is 17.1 Å². The van der Waals surface area contributed by atoms with Crippen molar-refractivity contribution in [1.29, 1.82) is 0 Å². The molecule has 0 fully saturated rings. The van der Waals surface area contributed by atoms with Gasteiger partial charge in [-0.25, -0.2) is 0 Å². The summed E-state index contributed by atoms with van der Waals surface area (Å²) in [7, 11) is 1.83. The van der Waals surface area contributed by atoms with Crippen LogP contribution in [-0.2, 0) is 4.79 Å². The Labute approximate surface area is 116 Å². The Kier molecular flexibility index (Phi) is 3.41. The number of ether oxygens (including phenoxy) is 1. The monoisotopic (exact) mass is 311 g/mol. The van der Waals surface area contributed by atoms with Crippen molar-refractivity contribution in [3.63, 3.8) is 0 Å². The summed E-state index contributed by atoms with van der Waals surface area (Å²) in [6.07, 6.45) is 0.322. The number of halogens is 1. The summed E-state index contributed by atoms with van der Waals surface area (Å²) < 4.78 is 6.96. The predicted molar refractivity (Wildman–Crippen MR) is 76.5 cm³/mol. The van der Waals surface area contributed by atoms with Crippen LogP contribution in [0, 0.1) is 20.8 Å². The highest BCUT2D eigenvalue weighted by Gasteiger charge is 2.34. The van der Waals surface area contributed by atoms with Crippen LogP contribution in [0.5, 0.6) is 5.75 Å². The number of hydrogen-bond acceptors (Lipinski definition) is 2. The minimum atomic E-state index is -0.366. The molecule has 0 saturated heterocycles. The molecule has 1 aliphatic heterocycles. The van der Waals surface area contributed by atoms with E-state index in [1.54, 1.807) is 4.90 Å². The molecule has 2 rings (SSSR count). The van der Waals surface area contributed by atoms with Crippen LogP contribution in [0.3, 0.4) is 0 Å². The maximum atomic E-state index is 12.2. The van der Waals surface area contributed by atoms with Crippen molar-refractivity contribution < 1.29 is 9.53 Å². The number of amides is 1. The van der Waals surface area contributed by atoms with Crippen LogP contribution in [0.15, 0.2) is 4.47 Å². The molecule has 1 aliphatic rings. The van der Waals surface area contributed by atoms with Crippen molar-refractivity contribution in [2.75, 3.05) is 11.9 Å². The first-order valence-corrected chi connectivity index (χ1v) is 6.92. The van der Waals surface area contributed by atoms with E-state index >= 15 is 0 Å². The fourth-order valence-corrected chi connectivity index (χ4v) is 2.87. The summed E-state index contributed by atoms with van der Waals surface area (Å²) in [5.41, 5.74) is 4.21. The van der Waals surface area contributed by atoms with Gasteiger partial charge in [-0.2, -0.15) is 0 Å². The minimum Gasteiger partial charge on any atom is -0.478 e. The van der Waals surface area contributed by atoms with Gasteiger partial charge in [-0.15, -0.1) is 0 Å². The molecule has 4 heteroatoms. The van der Waals surface area contributed by atoms with Crippen LogP contribution in [-0.4, -0.2) is 19.1 Å². The van der Waals surface area contributed by atoms with E-state index in [4.69, 9.17) is 4.74 Å². The lowest BCUT2D eigenvalue weighted by molar-refractivity contribution is -0.126. The number of carbonyl (C=O) groups excluding carboxylic acids is 1. The largest absolute Gasteiger partial charge is 0.478 e. The van der Waals surface area contributed by atoms with Gasteiger partial charge < -0.3 is 9.64 Å². The Morgan fingerprint density at radius 2 is 1.83 bits per heavy atom. The molecule has 0 saturated carbocycles. The number of hydrogen-bond donors (Lipinski definition) is 0. The minimum absolute atomic E-state index is 0.0363. The summed E-state index contributed by atoms with van der Waals surface area (Å²) in [4.78, 5) is 13.9. The Bertz CT molecular complexity index is 525. The molecule has 1 aromatic carbocycles. The molecule has 1 amide bonds. The Morgan fingerprint density at radius 3 is 2.39 bits per heavy atom. The molecule has 1 heterocycles. The van der Waals surface area contributed by atoms with Crippen molar-refractivity contribution >= 4 is 27.5 Å². The first kappa shape index (κ1) is 13.4. The fourth-order valence-electron chi connectivity index (χ4n) is 2.40. The molecule has 1 aromatic rings. The lowest BCUT2D eigenvalue weighted by Crippen LogP contribution is -2.44. The third-order valence-corrected chi connectivity index (χ3v) is 4.89. The smallest absolute Gasteiger partial charge is 0.267 e. The van der Waals surface area contributed by atoms with Gasteiger partial charge in [0.1, 0.15) is 5.75 Å². The molecule has 0 N–H and O–H groups in total. The molecular weight excluding hydrogens is 294 g/mol. The highest BCUT2D eigenvalue weighted by atomic mass is 79.9. The maximum Gasteiger partial charge on any atom is 0.267 e. The van der Waals surface area contributed by atoms with Crippen molar-refractivity contribution in [3.8, 4) is 5.75 Å². The molecule has 3 nitrogen and oxygen atoms in total. The van der Waals surface area contributed by atoms with Gasteiger partial charge in [-0.3, -0.25) is 4.79 Å². The van der Waals surface area contributed by atoms with Gasteiger partial charge in [0.25, 0.3) is 5.91 Å². The van der Waals surface area contributed by atoms with Crippen molar-refractivity contribution in [2.24, 2.45) is 0 Å². The number of fused-ring (bicyclic) bond motifs is 1. The molecule has 0 bridgehead atoms. The maximum absolute atomic E-state index is 12.2. The van der Waals surface area contributed by atoms with E-state index in [0.29, 0.717) is 6.42 Å². The second-order valence-corrected chi connectivity index (χ2v) is 5.57. The summed E-state index contributed by atoms with van der Waals surface area (Å²) in [6, 6.07) is 0. The van der Waals surface area contributed by atoms with Crippen molar-refractivity contribution in [1.82, 2.24) is 0 Å². The molecule has 1 atom stereocenters. The SMILES string of the molecule is CCC1Oc2c(C)c(Br)c(C)c(C)c2N(C)C1=O. The fraction of sp³-hybridized carbons (Fsp3) is 0.500. The van der Waals surface area contributed by atoms with Crippen LogP contribution in [0.2, 0.25) is 0 Å². The zero-order valence-electron chi connectivity index (χ0n) is 11.4. The third-order valence-electron chi connectivity index (χ3n) is 3.70. The molecule has 0 aromatic heterocycles. The molecule has 0 radical (unpaired) electrons. The van der Waals surface area contributed by atoms with Crippen molar-refractivity contribution in [3.05, 3.63) is 21.2 Å². The highest BCUT2D eigenvalue weighted by Crippen LogP contribution is 2.44.